The predicted molar refractivity (Wildman–Crippen MR) is 114 cm³/mol. The highest BCUT2D eigenvalue weighted by Crippen LogP contribution is 2.24. The van der Waals surface area contributed by atoms with E-state index in [1.807, 2.05) is 0 Å². The van der Waals surface area contributed by atoms with Crippen molar-refractivity contribution in [3.8, 4) is 0 Å². The van der Waals surface area contributed by atoms with Crippen LogP contribution < -0.4 is 10.1 Å². The molecular weight excluding hydrogens is 448 g/mol. The number of hydrogen-bond acceptors (Lipinski definition) is 7. The monoisotopic (exact) mass is 462 g/mol. The third kappa shape index (κ3) is 4.95. The largest absolute Gasteiger partial charge is 0.468 e. The first-order chi connectivity index (χ1) is 14.7. The summed E-state index contributed by atoms with van der Waals surface area (Å²) in [4.78, 5) is 50.5. The van der Waals surface area contributed by atoms with Crippen LogP contribution in [-0.4, -0.2) is 34.4 Å². The second-order valence-electron chi connectivity index (χ2n) is 6.25. The molecule has 0 saturated carbocycles. The van der Waals surface area contributed by atoms with Gasteiger partial charge in [-0.25, -0.2) is 0 Å². The molecule has 0 saturated heterocycles. The van der Waals surface area contributed by atoms with Crippen molar-refractivity contribution in [1.82, 2.24) is 4.57 Å². The second-order valence-corrected chi connectivity index (χ2v) is 7.67. The van der Waals surface area contributed by atoms with E-state index >= 15 is 0 Å². The number of carbonyl (C=O) groups is 3. The third-order valence-electron chi connectivity index (χ3n) is 4.11. The van der Waals surface area contributed by atoms with Gasteiger partial charge in [-0.3, -0.25) is 24.5 Å². The van der Waals surface area contributed by atoms with Crippen molar-refractivity contribution in [2.75, 3.05) is 12.4 Å². The Bertz CT molecular complexity index is 1300. The summed E-state index contributed by atoms with van der Waals surface area (Å²) < 4.78 is 6.84. The van der Waals surface area contributed by atoms with E-state index in [0.717, 1.165) is 17.4 Å². The average molecular weight is 463 g/mol. The number of hydrogen-bond donors (Lipinski definition) is 1. The molecule has 12 heteroatoms. The minimum absolute atomic E-state index is 0.00734. The number of halogens is 1. The number of methoxy groups -OCH3 is 1. The van der Waals surface area contributed by atoms with Gasteiger partial charge < -0.3 is 14.6 Å². The van der Waals surface area contributed by atoms with Gasteiger partial charge in [0.25, 0.3) is 11.6 Å². The summed E-state index contributed by atoms with van der Waals surface area (Å²) >= 11 is 7.13. The summed E-state index contributed by atoms with van der Waals surface area (Å²) in [5.41, 5.74) is 0.672. The number of nitrogens with one attached hydrogen (secondary N) is 1. The van der Waals surface area contributed by atoms with Gasteiger partial charge in [0.05, 0.1) is 32.8 Å². The van der Waals surface area contributed by atoms with Crippen LogP contribution in [0.2, 0.25) is 5.02 Å². The predicted octanol–water partition coefficient (Wildman–Crippen LogP) is 3.14. The quantitative estimate of drug-likeness (QED) is 0.352. The number of esters is 1. The van der Waals surface area contributed by atoms with Gasteiger partial charge in [0.2, 0.25) is 5.91 Å². The zero-order valence-corrected chi connectivity index (χ0v) is 17.8. The lowest BCUT2D eigenvalue weighted by Gasteiger charge is -2.05. The van der Waals surface area contributed by atoms with Crippen LogP contribution in [-0.2, 0) is 20.9 Å². The summed E-state index contributed by atoms with van der Waals surface area (Å²) in [6, 6.07) is 8.46. The molecule has 0 fully saturated rings. The molecule has 31 heavy (non-hydrogen) atoms. The van der Waals surface area contributed by atoms with Gasteiger partial charge in [-0.15, -0.1) is 0 Å². The van der Waals surface area contributed by atoms with Crippen molar-refractivity contribution in [3.63, 3.8) is 0 Å². The molecule has 0 unspecified atom stereocenters. The highest BCUT2D eigenvalue weighted by molar-refractivity contribution is 7.16. The number of thiazole rings is 1. The van der Waals surface area contributed by atoms with Crippen LogP contribution in [0.1, 0.15) is 17.3 Å². The van der Waals surface area contributed by atoms with Crippen molar-refractivity contribution in [2.24, 2.45) is 4.99 Å². The van der Waals surface area contributed by atoms with Crippen molar-refractivity contribution >= 4 is 62.3 Å². The highest BCUT2D eigenvalue weighted by atomic mass is 35.5. The SMILES string of the molecule is COC(=O)Cn1c(=NC(=O)c2cc([N+](=O)[O-])ccc2Cl)sc2cc(NC(C)=O)ccc21. The van der Waals surface area contributed by atoms with Gasteiger partial charge in [0, 0.05) is 24.7 Å². The lowest BCUT2D eigenvalue weighted by atomic mass is 10.2. The topological polar surface area (TPSA) is 133 Å². The van der Waals surface area contributed by atoms with Gasteiger partial charge >= 0.3 is 5.97 Å². The maximum atomic E-state index is 12.8. The number of nitro benzene ring substituents is 1. The minimum Gasteiger partial charge on any atom is -0.468 e. The summed E-state index contributed by atoms with van der Waals surface area (Å²) in [6.45, 7) is 1.16. The molecule has 0 aliphatic heterocycles. The molecule has 0 radical (unpaired) electrons. The van der Waals surface area contributed by atoms with Crippen LogP contribution in [0.3, 0.4) is 0 Å². The highest BCUT2D eigenvalue weighted by Gasteiger charge is 2.17. The number of nitro groups is 1. The smallest absolute Gasteiger partial charge is 0.325 e. The van der Waals surface area contributed by atoms with Gasteiger partial charge in [0.1, 0.15) is 6.54 Å². The van der Waals surface area contributed by atoms with Gasteiger partial charge in [-0.1, -0.05) is 22.9 Å². The van der Waals surface area contributed by atoms with E-state index in [2.05, 4.69) is 10.3 Å². The molecule has 160 valence electrons. The fourth-order valence-electron chi connectivity index (χ4n) is 2.72. The molecule has 2 amide bonds. The normalized spacial score (nSPS) is 11.4. The Morgan fingerprint density at radius 1 is 1.26 bits per heavy atom. The Balaban J connectivity index is 2.16. The van der Waals surface area contributed by atoms with E-state index in [0.29, 0.717) is 15.9 Å². The molecule has 1 heterocycles. The zero-order valence-electron chi connectivity index (χ0n) is 16.2. The number of non-ortho nitro benzene ring substituents is 1. The zero-order chi connectivity index (χ0) is 22.7. The van der Waals surface area contributed by atoms with Crippen LogP contribution in [0.25, 0.3) is 10.2 Å². The minimum atomic E-state index is -0.805. The van der Waals surface area contributed by atoms with E-state index < -0.39 is 16.8 Å². The number of benzene rings is 2. The Morgan fingerprint density at radius 2 is 2.00 bits per heavy atom. The Labute approximate surface area is 183 Å². The fourth-order valence-corrected chi connectivity index (χ4v) is 3.99. The number of fused-ring (bicyclic) bond motifs is 1. The van der Waals surface area contributed by atoms with E-state index in [1.165, 1.54) is 30.7 Å². The summed E-state index contributed by atoms with van der Waals surface area (Å²) in [5.74, 6) is -1.62. The molecule has 0 bridgehead atoms. The molecule has 0 spiro atoms. The molecule has 10 nitrogen and oxygen atoms in total. The van der Waals surface area contributed by atoms with Crippen LogP contribution in [0.5, 0.6) is 0 Å². The van der Waals surface area contributed by atoms with Crippen molar-refractivity contribution < 1.29 is 24.0 Å². The van der Waals surface area contributed by atoms with Crippen molar-refractivity contribution in [3.05, 3.63) is 61.9 Å². The summed E-state index contributed by atoms with van der Waals surface area (Å²) in [7, 11) is 1.23. The summed E-state index contributed by atoms with van der Waals surface area (Å²) in [5, 5.41) is 13.7. The number of ether oxygens (including phenoxy) is 1. The Kier molecular flexibility index (Phi) is 6.47. The maximum absolute atomic E-state index is 12.8. The van der Waals surface area contributed by atoms with E-state index in [1.54, 1.807) is 18.2 Å². The van der Waals surface area contributed by atoms with Gasteiger partial charge in [-0.2, -0.15) is 4.99 Å². The number of nitrogens with zero attached hydrogens (tertiary/aromatic N) is 3. The molecule has 2 aromatic carbocycles. The molecule has 1 aromatic heterocycles. The number of rotatable bonds is 5. The first-order valence-electron chi connectivity index (χ1n) is 8.70. The summed E-state index contributed by atoms with van der Waals surface area (Å²) in [6.07, 6.45) is 0. The number of carbonyl (C=O) groups excluding carboxylic acids is 3. The van der Waals surface area contributed by atoms with E-state index in [4.69, 9.17) is 16.3 Å². The lowest BCUT2D eigenvalue weighted by molar-refractivity contribution is -0.384. The Morgan fingerprint density at radius 3 is 2.65 bits per heavy atom. The molecule has 0 atom stereocenters. The Hall–Kier alpha value is -3.57. The second kappa shape index (κ2) is 9.06. The van der Waals surface area contributed by atoms with Crippen molar-refractivity contribution in [1.29, 1.82) is 0 Å². The van der Waals surface area contributed by atoms with Crippen LogP contribution in [0.15, 0.2) is 41.4 Å². The first kappa shape index (κ1) is 22.1. The van der Waals surface area contributed by atoms with Gasteiger partial charge in [0.15, 0.2) is 4.80 Å². The van der Waals surface area contributed by atoms with Crippen molar-refractivity contribution in [2.45, 2.75) is 13.5 Å². The molecule has 3 rings (SSSR count). The van der Waals surface area contributed by atoms with E-state index in [-0.39, 0.29) is 33.5 Å². The number of anilines is 1. The lowest BCUT2D eigenvalue weighted by Crippen LogP contribution is -2.22. The number of aromatic nitrogens is 1. The van der Waals surface area contributed by atoms with E-state index in [9.17, 15) is 24.5 Å². The van der Waals surface area contributed by atoms with Gasteiger partial charge in [-0.05, 0) is 24.3 Å². The standard InChI is InChI=1S/C19H15ClN4O6S/c1-10(25)21-11-3-6-15-16(7-11)31-19(23(15)9-17(26)30-2)22-18(27)13-8-12(24(28)29)4-5-14(13)20/h3-8H,9H2,1-2H3,(H,21,25). The molecule has 3 aromatic rings. The third-order valence-corrected chi connectivity index (χ3v) is 5.48. The average Bonchev–Trinajstić information content (AvgIpc) is 3.03. The molecule has 0 aliphatic carbocycles. The molecule has 0 aliphatic rings. The molecular formula is C19H15ClN4O6S. The molecule has 1 N–H and O–H groups in total. The maximum Gasteiger partial charge on any atom is 0.325 e. The van der Waals surface area contributed by atoms with Crippen LogP contribution in [0.4, 0.5) is 11.4 Å². The van der Waals surface area contributed by atoms with Crippen LogP contribution >= 0.6 is 22.9 Å². The fraction of sp³-hybridized carbons (Fsp3) is 0.158. The van der Waals surface area contributed by atoms with Crippen LogP contribution in [0, 0.1) is 10.1 Å². The first-order valence-corrected chi connectivity index (χ1v) is 9.90. The number of amides is 2.